The van der Waals surface area contributed by atoms with E-state index in [1.807, 2.05) is 6.08 Å². The van der Waals surface area contributed by atoms with E-state index in [9.17, 15) is 4.79 Å². The largest absolute Gasteiger partial charge is 0.366 e. The molecule has 0 atom stereocenters. The minimum absolute atomic E-state index is 0.373. The fourth-order valence-corrected chi connectivity index (χ4v) is 1.97. The summed E-state index contributed by atoms with van der Waals surface area (Å²) in [5.41, 5.74) is 7.78. The molecule has 1 aliphatic heterocycles. The molecule has 3 rings (SSSR count). The number of hydrogen-bond acceptors (Lipinski definition) is 3. The van der Waals surface area contributed by atoms with Crippen molar-refractivity contribution in [1.29, 1.82) is 0 Å². The van der Waals surface area contributed by atoms with E-state index in [0.717, 1.165) is 21.7 Å². The lowest BCUT2D eigenvalue weighted by molar-refractivity contribution is -0.114. The number of carbonyl (C=O) groups excluding carboxylic acids is 1. The zero-order valence-corrected chi connectivity index (χ0v) is 8.47. The molecule has 0 saturated carbocycles. The fourth-order valence-electron chi connectivity index (χ4n) is 1.97. The number of primary amides is 1. The number of hydrogen-bond donors (Lipinski definition) is 1. The van der Waals surface area contributed by atoms with Crippen LogP contribution < -0.4 is 16.2 Å². The van der Waals surface area contributed by atoms with Gasteiger partial charge < -0.3 is 5.73 Å². The highest BCUT2D eigenvalue weighted by Gasteiger charge is 2.13. The Morgan fingerprint density at radius 1 is 1.31 bits per heavy atom. The molecule has 1 aromatic heterocycles. The summed E-state index contributed by atoms with van der Waals surface area (Å²) in [5.74, 6) is -0.373. The van der Waals surface area contributed by atoms with Crippen molar-refractivity contribution in [2.45, 2.75) is 6.42 Å². The van der Waals surface area contributed by atoms with Gasteiger partial charge in [-0.05, 0) is 10.8 Å². The quantitative estimate of drug-likeness (QED) is 0.647. The van der Waals surface area contributed by atoms with E-state index in [2.05, 4.69) is 9.98 Å². The molecule has 0 fully saturated rings. The summed E-state index contributed by atoms with van der Waals surface area (Å²) < 4.78 is 0. The molecule has 0 saturated heterocycles. The van der Waals surface area contributed by atoms with Crippen molar-refractivity contribution >= 4 is 24.4 Å². The van der Waals surface area contributed by atoms with Crippen LogP contribution >= 0.6 is 0 Å². The Labute approximate surface area is 91.5 Å². The van der Waals surface area contributed by atoms with Gasteiger partial charge in [0.1, 0.15) is 0 Å². The Morgan fingerprint density at radius 2 is 2.19 bits per heavy atom. The maximum absolute atomic E-state index is 11.1. The highest BCUT2D eigenvalue weighted by Crippen LogP contribution is 2.07. The standard InChI is InChI=1S/C12H9N3O/c13-12(16)7-1-2-9-8(3-7)4-15-11-6-14-5-10(9)11/h1-2,4-6H,3H2,(H2,13,16). The van der Waals surface area contributed by atoms with Gasteiger partial charge in [0.15, 0.2) is 0 Å². The van der Waals surface area contributed by atoms with Gasteiger partial charge in [0.25, 0.3) is 0 Å². The van der Waals surface area contributed by atoms with Crippen LogP contribution in [0.1, 0.15) is 11.3 Å². The Morgan fingerprint density at radius 3 is 3.00 bits per heavy atom. The highest BCUT2D eigenvalue weighted by molar-refractivity contribution is 5.94. The summed E-state index contributed by atoms with van der Waals surface area (Å²) in [6.07, 6.45) is 9.54. The topological polar surface area (TPSA) is 68.3 Å². The Bertz CT molecular complexity index is 668. The van der Waals surface area contributed by atoms with Crippen LogP contribution in [0.3, 0.4) is 0 Å². The van der Waals surface area contributed by atoms with E-state index in [4.69, 9.17) is 5.73 Å². The van der Waals surface area contributed by atoms with Crippen LogP contribution in [-0.4, -0.2) is 17.1 Å². The van der Waals surface area contributed by atoms with Crippen LogP contribution in [0, 0.1) is 0 Å². The Kier molecular flexibility index (Phi) is 1.77. The number of amides is 1. The third kappa shape index (κ3) is 1.20. The van der Waals surface area contributed by atoms with Crippen LogP contribution in [0.5, 0.6) is 0 Å². The molecule has 4 heteroatoms. The number of fused-ring (bicyclic) bond motifs is 3. The second-order valence-corrected chi connectivity index (χ2v) is 3.80. The van der Waals surface area contributed by atoms with Gasteiger partial charge in [0.2, 0.25) is 5.91 Å². The molecule has 0 unspecified atom stereocenters. The molecule has 0 spiro atoms. The number of rotatable bonds is 1. The van der Waals surface area contributed by atoms with Crippen molar-refractivity contribution in [3.8, 4) is 0 Å². The minimum atomic E-state index is -0.373. The van der Waals surface area contributed by atoms with E-state index in [-0.39, 0.29) is 5.91 Å². The van der Waals surface area contributed by atoms with Crippen LogP contribution in [0.4, 0.5) is 0 Å². The maximum atomic E-state index is 11.1. The van der Waals surface area contributed by atoms with Gasteiger partial charge in [0.05, 0.1) is 11.9 Å². The Hall–Kier alpha value is -2.23. The van der Waals surface area contributed by atoms with E-state index in [1.54, 1.807) is 24.7 Å². The second kappa shape index (κ2) is 3.13. The van der Waals surface area contributed by atoms with Crippen molar-refractivity contribution in [3.05, 3.63) is 39.5 Å². The van der Waals surface area contributed by atoms with Crippen LogP contribution in [-0.2, 0) is 11.2 Å². The first-order valence-electron chi connectivity index (χ1n) is 4.97. The van der Waals surface area contributed by atoms with Crippen molar-refractivity contribution < 1.29 is 4.79 Å². The second-order valence-electron chi connectivity index (χ2n) is 3.80. The molecular formula is C12H9N3O. The Balaban J connectivity index is 2.27. The zero-order valence-electron chi connectivity index (χ0n) is 8.47. The van der Waals surface area contributed by atoms with Gasteiger partial charge in [-0.15, -0.1) is 0 Å². The number of nitrogens with zero attached hydrogens (tertiary/aromatic N) is 2. The zero-order chi connectivity index (χ0) is 11.1. The molecule has 0 aromatic carbocycles. The first-order valence-corrected chi connectivity index (χ1v) is 4.97. The van der Waals surface area contributed by atoms with E-state index in [0.29, 0.717) is 12.0 Å². The normalized spacial score (nSPS) is 15.6. The van der Waals surface area contributed by atoms with Crippen molar-refractivity contribution in [3.63, 3.8) is 0 Å². The van der Waals surface area contributed by atoms with Crippen LogP contribution in [0.2, 0.25) is 0 Å². The fraction of sp³-hybridized carbons (Fsp3) is 0.0833. The molecule has 78 valence electrons. The van der Waals surface area contributed by atoms with Gasteiger partial charge in [0, 0.05) is 29.6 Å². The number of nitrogens with two attached hydrogens (primary N) is 1. The summed E-state index contributed by atoms with van der Waals surface area (Å²) in [5, 5.41) is 2.12. The monoisotopic (exact) mass is 211 g/mol. The molecule has 2 heterocycles. The highest BCUT2D eigenvalue weighted by atomic mass is 16.1. The number of aliphatic imine (C=N–C) groups is 1. The predicted molar refractivity (Wildman–Crippen MR) is 61.0 cm³/mol. The first-order chi connectivity index (χ1) is 7.75. The van der Waals surface area contributed by atoms with Gasteiger partial charge in [-0.2, -0.15) is 0 Å². The lowest BCUT2D eigenvalue weighted by Crippen LogP contribution is -2.34. The van der Waals surface area contributed by atoms with E-state index < -0.39 is 0 Å². The molecule has 1 aromatic rings. The summed E-state index contributed by atoms with van der Waals surface area (Å²) in [4.78, 5) is 19.4. The molecule has 1 aliphatic carbocycles. The smallest absolute Gasteiger partial charge is 0.244 e. The number of carbonyl (C=O) groups is 1. The van der Waals surface area contributed by atoms with Crippen LogP contribution in [0.15, 0.2) is 22.8 Å². The summed E-state index contributed by atoms with van der Waals surface area (Å²) >= 11 is 0. The summed E-state index contributed by atoms with van der Waals surface area (Å²) in [7, 11) is 0. The van der Waals surface area contributed by atoms with Crippen LogP contribution in [0.25, 0.3) is 12.3 Å². The number of pyridine rings is 1. The van der Waals surface area contributed by atoms with Crippen molar-refractivity contribution in [1.82, 2.24) is 4.98 Å². The molecule has 0 bridgehead atoms. The molecular weight excluding hydrogens is 202 g/mol. The summed E-state index contributed by atoms with van der Waals surface area (Å²) in [6.45, 7) is 0. The maximum Gasteiger partial charge on any atom is 0.244 e. The lowest BCUT2D eigenvalue weighted by Gasteiger charge is -2.09. The first kappa shape index (κ1) is 9.03. The molecule has 2 aliphatic rings. The predicted octanol–water partition coefficient (Wildman–Crippen LogP) is -1.000. The van der Waals surface area contributed by atoms with Crippen molar-refractivity contribution in [2.24, 2.45) is 10.7 Å². The number of aromatic nitrogens is 1. The van der Waals surface area contributed by atoms with Gasteiger partial charge in [-0.25, -0.2) is 0 Å². The minimum Gasteiger partial charge on any atom is -0.366 e. The third-order valence-electron chi connectivity index (χ3n) is 2.82. The van der Waals surface area contributed by atoms with Gasteiger partial charge >= 0.3 is 0 Å². The average molecular weight is 211 g/mol. The average Bonchev–Trinajstić information content (AvgIpc) is 2.76. The molecule has 1 amide bonds. The SMILES string of the molecule is NC(=O)C1=CC=c2c(cnc3c2=CN=C3)C1. The van der Waals surface area contributed by atoms with Gasteiger partial charge in [-0.1, -0.05) is 12.2 Å². The molecule has 4 nitrogen and oxygen atoms in total. The molecule has 16 heavy (non-hydrogen) atoms. The third-order valence-corrected chi connectivity index (χ3v) is 2.82. The van der Waals surface area contributed by atoms with E-state index >= 15 is 0 Å². The van der Waals surface area contributed by atoms with E-state index in [1.165, 1.54) is 0 Å². The summed E-state index contributed by atoms with van der Waals surface area (Å²) in [6, 6.07) is 0. The van der Waals surface area contributed by atoms with Crippen molar-refractivity contribution in [2.75, 3.05) is 0 Å². The molecule has 2 N–H and O–H groups in total. The molecule has 0 radical (unpaired) electrons. The lowest BCUT2D eigenvalue weighted by atomic mass is 9.98. The number of allylic oxidation sites excluding steroid dienone is 1. The van der Waals surface area contributed by atoms with Gasteiger partial charge in [-0.3, -0.25) is 14.8 Å².